The summed E-state index contributed by atoms with van der Waals surface area (Å²) in [6.45, 7) is 7.20. The Morgan fingerprint density at radius 1 is 1.23 bits per heavy atom. The quantitative estimate of drug-likeness (QED) is 0.580. The van der Waals surface area contributed by atoms with Crippen LogP contribution in [0, 0.1) is 12.8 Å². The first-order chi connectivity index (χ1) is 12.7. The minimum absolute atomic E-state index is 0.587. The van der Waals surface area contributed by atoms with Gasteiger partial charge >= 0.3 is 0 Å². The third kappa shape index (κ3) is 6.15. The summed E-state index contributed by atoms with van der Waals surface area (Å²) in [6.07, 6.45) is 3.42. The second-order valence-corrected chi connectivity index (χ2v) is 8.22. The minimum Gasteiger partial charge on any atom is -0.370 e. The number of guanidine groups is 1. The number of rotatable bonds is 7. The van der Waals surface area contributed by atoms with Crippen LogP contribution in [0.15, 0.2) is 46.8 Å². The molecule has 26 heavy (non-hydrogen) atoms. The molecule has 0 amide bonds. The molecule has 2 heterocycles. The predicted molar refractivity (Wildman–Crippen MR) is 112 cm³/mol. The number of nitrogens with two attached hydrogens (primary N) is 1. The molecule has 3 N–H and O–H groups in total. The van der Waals surface area contributed by atoms with Crippen LogP contribution >= 0.6 is 11.3 Å². The topological polar surface area (TPSA) is 53.6 Å². The Bertz CT molecular complexity index is 671. The van der Waals surface area contributed by atoms with E-state index < -0.39 is 0 Å². The number of aryl methyl sites for hydroxylation is 1. The van der Waals surface area contributed by atoms with E-state index in [1.807, 2.05) is 0 Å². The highest BCUT2D eigenvalue weighted by Gasteiger charge is 2.19. The molecule has 3 rings (SSSR count). The molecular weight excluding hydrogens is 340 g/mol. The Hall–Kier alpha value is -1.85. The zero-order valence-corrected chi connectivity index (χ0v) is 16.5. The van der Waals surface area contributed by atoms with E-state index in [2.05, 4.69) is 63.9 Å². The van der Waals surface area contributed by atoms with E-state index in [0.717, 1.165) is 39.1 Å². The number of benzene rings is 1. The van der Waals surface area contributed by atoms with Gasteiger partial charge in [-0.3, -0.25) is 9.89 Å². The molecule has 0 atom stereocenters. The number of piperidine rings is 1. The van der Waals surface area contributed by atoms with Crippen molar-refractivity contribution in [1.82, 2.24) is 10.2 Å². The van der Waals surface area contributed by atoms with Gasteiger partial charge in [-0.2, -0.15) is 0 Å². The fraction of sp³-hybridized carbons (Fsp3) is 0.476. The number of aliphatic imine (C=N–C) groups is 1. The van der Waals surface area contributed by atoms with Gasteiger partial charge in [0.25, 0.3) is 0 Å². The van der Waals surface area contributed by atoms with Gasteiger partial charge in [0.1, 0.15) is 0 Å². The van der Waals surface area contributed by atoms with E-state index in [1.54, 1.807) is 11.3 Å². The van der Waals surface area contributed by atoms with Crippen LogP contribution in [0.4, 0.5) is 0 Å². The molecule has 1 aromatic carbocycles. The van der Waals surface area contributed by atoms with Crippen LogP contribution in [0.3, 0.4) is 0 Å². The largest absolute Gasteiger partial charge is 0.370 e. The predicted octanol–water partition coefficient (Wildman–Crippen LogP) is 3.42. The van der Waals surface area contributed by atoms with Gasteiger partial charge in [0.2, 0.25) is 0 Å². The number of hydrogen-bond acceptors (Lipinski definition) is 3. The minimum atomic E-state index is 0.587. The lowest BCUT2D eigenvalue weighted by molar-refractivity contribution is 0.180. The van der Waals surface area contributed by atoms with Gasteiger partial charge in [0.15, 0.2) is 5.96 Å². The van der Waals surface area contributed by atoms with E-state index in [1.165, 1.54) is 28.8 Å². The van der Waals surface area contributed by atoms with Crippen molar-refractivity contribution in [3.05, 3.63) is 57.8 Å². The van der Waals surface area contributed by atoms with Gasteiger partial charge in [-0.1, -0.05) is 35.9 Å². The number of hydrogen-bond donors (Lipinski definition) is 2. The van der Waals surface area contributed by atoms with Gasteiger partial charge in [-0.15, -0.1) is 11.3 Å². The first-order valence-electron chi connectivity index (χ1n) is 9.53. The van der Waals surface area contributed by atoms with Crippen LogP contribution < -0.4 is 11.1 Å². The van der Waals surface area contributed by atoms with Crippen molar-refractivity contribution in [2.45, 2.75) is 32.7 Å². The van der Waals surface area contributed by atoms with Gasteiger partial charge < -0.3 is 11.1 Å². The lowest BCUT2D eigenvalue weighted by Crippen LogP contribution is -2.36. The summed E-state index contributed by atoms with van der Waals surface area (Å²) < 4.78 is 0. The highest BCUT2D eigenvalue weighted by molar-refractivity contribution is 7.09. The molecule has 1 fully saturated rings. The smallest absolute Gasteiger partial charge is 0.188 e. The van der Waals surface area contributed by atoms with Crippen LogP contribution in [0.25, 0.3) is 0 Å². The highest BCUT2D eigenvalue weighted by Crippen LogP contribution is 2.19. The zero-order valence-electron chi connectivity index (χ0n) is 15.7. The lowest BCUT2D eigenvalue weighted by Gasteiger charge is -2.31. The number of thiophene rings is 1. The summed E-state index contributed by atoms with van der Waals surface area (Å²) in [4.78, 5) is 8.48. The van der Waals surface area contributed by atoms with E-state index in [-0.39, 0.29) is 0 Å². The molecule has 5 heteroatoms. The highest BCUT2D eigenvalue weighted by atomic mass is 32.1. The summed E-state index contributed by atoms with van der Waals surface area (Å²) >= 11 is 1.79. The standard InChI is InChI=1S/C21H30N4S/c1-17-4-6-19(7-5-17)16-25-12-9-18(10-13-25)15-24-21(22)23-11-8-20-3-2-14-26-20/h2-7,14,18H,8-13,15-16H2,1H3,(H3,22,23,24). The van der Waals surface area contributed by atoms with Gasteiger partial charge in [0, 0.05) is 24.5 Å². The van der Waals surface area contributed by atoms with Crippen LogP contribution in [0.1, 0.15) is 28.8 Å². The number of nitrogens with zero attached hydrogens (tertiary/aromatic N) is 2. The average Bonchev–Trinajstić information content (AvgIpc) is 3.16. The summed E-state index contributed by atoms with van der Waals surface area (Å²) in [5.41, 5.74) is 8.74. The van der Waals surface area contributed by atoms with Crippen LogP contribution in [0.2, 0.25) is 0 Å². The van der Waals surface area contributed by atoms with Crippen LogP contribution in [-0.4, -0.2) is 37.0 Å². The maximum absolute atomic E-state index is 6.00. The Morgan fingerprint density at radius 2 is 2.00 bits per heavy atom. The normalized spacial score (nSPS) is 16.7. The van der Waals surface area contributed by atoms with Crippen molar-refractivity contribution in [2.75, 3.05) is 26.2 Å². The van der Waals surface area contributed by atoms with Crippen molar-refractivity contribution in [3.63, 3.8) is 0 Å². The molecule has 0 spiro atoms. The monoisotopic (exact) mass is 370 g/mol. The molecule has 2 aromatic rings. The fourth-order valence-corrected chi connectivity index (χ4v) is 4.04. The molecule has 4 nitrogen and oxygen atoms in total. The van der Waals surface area contributed by atoms with Crippen molar-refractivity contribution in [2.24, 2.45) is 16.6 Å². The van der Waals surface area contributed by atoms with Gasteiger partial charge in [-0.25, -0.2) is 0 Å². The van der Waals surface area contributed by atoms with Crippen LogP contribution in [-0.2, 0) is 13.0 Å². The summed E-state index contributed by atoms with van der Waals surface area (Å²) in [7, 11) is 0. The maximum Gasteiger partial charge on any atom is 0.188 e. The molecule has 0 aliphatic carbocycles. The summed E-state index contributed by atoms with van der Waals surface area (Å²) in [6, 6.07) is 13.1. The molecule has 0 saturated carbocycles. The van der Waals surface area contributed by atoms with Crippen molar-refractivity contribution < 1.29 is 0 Å². The van der Waals surface area contributed by atoms with Gasteiger partial charge in [-0.05, 0) is 62.2 Å². The Balaban J connectivity index is 1.33. The van der Waals surface area contributed by atoms with Gasteiger partial charge in [0.05, 0.1) is 0 Å². The second-order valence-electron chi connectivity index (χ2n) is 7.19. The molecule has 0 bridgehead atoms. The molecule has 0 radical (unpaired) electrons. The number of likely N-dealkylation sites (tertiary alicyclic amines) is 1. The van der Waals surface area contributed by atoms with Crippen molar-refractivity contribution in [1.29, 1.82) is 0 Å². The fourth-order valence-electron chi connectivity index (χ4n) is 3.33. The van der Waals surface area contributed by atoms with E-state index >= 15 is 0 Å². The maximum atomic E-state index is 6.00. The Labute approximate surface area is 161 Å². The first-order valence-corrected chi connectivity index (χ1v) is 10.4. The SMILES string of the molecule is Cc1ccc(CN2CCC(CN=C(N)NCCc3cccs3)CC2)cc1. The Kier molecular flexibility index (Phi) is 7.09. The van der Waals surface area contributed by atoms with E-state index in [0.29, 0.717) is 11.9 Å². The zero-order chi connectivity index (χ0) is 18.2. The molecule has 0 unspecified atom stereocenters. The third-order valence-corrected chi connectivity index (χ3v) is 5.95. The molecular formula is C21H30N4S. The molecule has 140 valence electrons. The summed E-state index contributed by atoms with van der Waals surface area (Å²) in [5.74, 6) is 1.24. The van der Waals surface area contributed by atoms with E-state index in [4.69, 9.17) is 5.73 Å². The average molecular weight is 371 g/mol. The van der Waals surface area contributed by atoms with Crippen molar-refractivity contribution in [3.8, 4) is 0 Å². The van der Waals surface area contributed by atoms with Crippen LogP contribution in [0.5, 0.6) is 0 Å². The third-order valence-electron chi connectivity index (χ3n) is 5.01. The molecule has 1 saturated heterocycles. The lowest BCUT2D eigenvalue weighted by atomic mass is 9.96. The first kappa shape index (κ1) is 18.9. The molecule has 1 aliphatic rings. The van der Waals surface area contributed by atoms with Crippen molar-refractivity contribution >= 4 is 17.3 Å². The van der Waals surface area contributed by atoms with E-state index in [9.17, 15) is 0 Å². The molecule has 1 aliphatic heterocycles. The molecule has 1 aromatic heterocycles. The second kappa shape index (κ2) is 9.74. The number of nitrogens with one attached hydrogen (secondary N) is 1. The summed E-state index contributed by atoms with van der Waals surface area (Å²) in [5, 5.41) is 5.34. The Morgan fingerprint density at radius 3 is 2.69 bits per heavy atom.